The third-order valence-electron chi connectivity index (χ3n) is 6.46. The van der Waals surface area contributed by atoms with Crippen LogP contribution in [0.4, 0.5) is 0 Å². The van der Waals surface area contributed by atoms with Gasteiger partial charge in [-0.1, -0.05) is 48.5 Å². The van der Waals surface area contributed by atoms with Crippen molar-refractivity contribution in [1.82, 2.24) is 10.6 Å². The lowest BCUT2D eigenvalue weighted by molar-refractivity contribution is -0.123. The summed E-state index contributed by atoms with van der Waals surface area (Å²) in [6.45, 7) is -0.994. The first-order valence-corrected chi connectivity index (χ1v) is 14.3. The Kier molecular flexibility index (Phi) is 10.1. The Balaban J connectivity index is 1.17. The highest BCUT2D eigenvalue weighted by Crippen LogP contribution is 2.25. The lowest BCUT2D eigenvalue weighted by Crippen LogP contribution is -2.33. The molecule has 0 saturated heterocycles. The largest absolute Gasteiger partial charge is 0.497 e. The monoisotopic (exact) mass is 580 g/mol. The van der Waals surface area contributed by atoms with E-state index in [1.165, 1.54) is 0 Å². The van der Waals surface area contributed by atoms with Gasteiger partial charge in [-0.2, -0.15) is 8.42 Å². The summed E-state index contributed by atoms with van der Waals surface area (Å²) in [5, 5.41) is 9.34. The molecule has 216 valence electrons. The second-order valence-corrected chi connectivity index (χ2v) is 10.4. The van der Waals surface area contributed by atoms with E-state index in [2.05, 4.69) is 19.0 Å². The minimum Gasteiger partial charge on any atom is -0.497 e. The van der Waals surface area contributed by atoms with Crippen LogP contribution in [0.5, 0.6) is 11.5 Å². The first kappa shape index (κ1) is 29.8. The van der Waals surface area contributed by atoms with Gasteiger partial charge < -0.3 is 20.1 Å². The van der Waals surface area contributed by atoms with Gasteiger partial charge in [0.05, 0.1) is 14.2 Å². The van der Waals surface area contributed by atoms with Gasteiger partial charge in [0.25, 0.3) is 0 Å². The number of nitrogens with one attached hydrogen (secondary N) is 2. The van der Waals surface area contributed by atoms with E-state index in [9.17, 15) is 18.0 Å². The Labute approximate surface area is 238 Å². The van der Waals surface area contributed by atoms with Crippen molar-refractivity contribution in [1.29, 1.82) is 0 Å². The molecule has 4 aromatic carbocycles. The van der Waals surface area contributed by atoms with Crippen LogP contribution in [0.1, 0.15) is 11.1 Å². The van der Waals surface area contributed by atoms with Crippen molar-refractivity contribution in [2.75, 3.05) is 40.5 Å². The van der Waals surface area contributed by atoms with Crippen molar-refractivity contribution in [3.63, 3.8) is 0 Å². The first-order valence-electron chi connectivity index (χ1n) is 13.0. The van der Waals surface area contributed by atoms with Gasteiger partial charge >= 0.3 is 10.4 Å². The van der Waals surface area contributed by atoms with Crippen molar-refractivity contribution < 1.29 is 35.8 Å². The Morgan fingerprint density at radius 1 is 0.659 bits per heavy atom. The number of carbonyl (C=O) groups excluding carboxylic acids is 2. The minimum atomic E-state index is -4.55. The van der Waals surface area contributed by atoms with Crippen LogP contribution in [0, 0.1) is 0 Å². The molecular formula is C30H32N2O8S. The summed E-state index contributed by atoms with van der Waals surface area (Å²) in [5.41, 5.74) is 2.01. The highest BCUT2D eigenvalue weighted by atomic mass is 32.3. The van der Waals surface area contributed by atoms with E-state index < -0.39 is 35.4 Å². The first-order chi connectivity index (χ1) is 19.8. The molecule has 4 aromatic rings. The van der Waals surface area contributed by atoms with Gasteiger partial charge in [0.15, 0.2) is 0 Å². The molecule has 0 atom stereocenters. The summed E-state index contributed by atoms with van der Waals surface area (Å²) in [5.74, 6) is 0.191. The molecule has 0 aromatic heterocycles. The Hall–Kier alpha value is -4.19. The lowest BCUT2D eigenvalue weighted by Gasteiger charge is -2.10. The normalized spacial score (nSPS) is 11.4. The van der Waals surface area contributed by atoms with Gasteiger partial charge in [0, 0.05) is 13.1 Å². The SMILES string of the molecule is COc1ccc2cccc(CCNC(=O)COS(=O)(=O)OCC(=O)NCCc3cccc4ccc(OC)cc34)c2c1. The average Bonchev–Trinajstić information content (AvgIpc) is 2.99. The molecule has 0 aliphatic carbocycles. The molecule has 11 heteroatoms. The molecule has 4 rings (SSSR count). The fourth-order valence-electron chi connectivity index (χ4n) is 4.38. The average molecular weight is 581 g/mol. The topological polar surface area (TPSA) is 129 Å². The Bertz CT molecular complexity index is 1520. The number of benzene rings is 4. The minimum absolute atomic E-state index is 0.269. The standard InChI is InChI=1S/C30H32N2O8S/c1-37-25-11-9-21-5-3-7-23(27(21)17-25)13-15-31-29(33)19-39-41(35,36)40-20-30(34)32-16-14-24-8-4-6-22-10-12-26(38-2)18-28(22)24/h3-12,17-18H,13-16,19-20H2,1-2H3,(H,31,33)(H,32,34). The number of hydrogen-bond acceptors (Lipinski definition) is 8. The maximum Gasteiger partial charge on any atom is 0.400 e. The zero-order valence-electron chi connectivity index (χ0n) is 22.8. The molecule has 0 saturated carbocycles. The fraction of sp³-hybridized carbons (Fsp3) is 0.267. The number of hydrogen-bond donors (Lipinski definition) is 2. The summed E-state index contributed by atoms with van der Waals surface area (Å²) < 4.78 is 43.9. The number of rotatable bonds is 14. The molecule has 0 bridgehead atoms. The van der Waals surface area contributed by atoms with E-state index in [1.807, 2.05) is 72.8 Å². The highest BCUT2D eigenvalue weighted by molar-refractivity contribution is 7.81. The van der Waals surface area contributed by atoms with Crippen LogP contribution in [-0.2, 0) is 41.2 Å². The van der Waals surface area contributed by atoms with E-state index in [1.54, 1.807) is 14.2 Å². The molecule has 2 N–H and O–H groups in total. The molecule has 2 amide bonds. The second-order valence-electron chi connectivity index (χ2n) is 9.14. The van der Waals surface area contributed by atoms with Crippen LogP contribution in [0.25, 0.3) is 21.5 Å². The van der Waals surface area contributed by atoms with Crippen LogP contribution >= 0.6 is 0 Å². The molecule has 10 nitrogen and oxygen atoms in total. The van der Waals surface area contributed by atoms with Crippen molar-refractivity contribution >= 4 is 43.8 Å². The highest BCUT2D eigenvalue weighted by Gasteiger charge is 2.17. The quantitative estimate of drug-likeness (QED) is 0.233. The van der Waals surface area contributed by atoms with Crippen LogP contribution in [0.3, 0.4) is 0 Å². The van der Waals surface area contributed by atoms with Gasteiger partial charge in [-0.15, -0.1) is 0 Å². The van der Waals surface area contributed by atoms with Crippen molar-refractivity contribution in [3.05, 3.63) is 83.9 Å². The molecule has 41 heavy (non-hydrogen) atoms. The number of methoxy groups -OCH3 is 2. The second kappa shape index (κ2) is 13.9. The van der Waals surface area contributed by atoms with Gasteiger partial charge in [-0.25, -0.2) is 8.37 Å². The van der Waals surface area contributed by atoms with Crippen molar-refractivity contribution in [3.8, 4) is 11.5 Å². The van der Waals surface area contributed by atoms with Crippen LogP contribution < -0.4 is 20.1 Å². The molecule has 0 spiro atoms. The van der Waals surface area contributed by atoms with Gasteiger partial charge in [0.1, 0.15) is 24.7 Å². The maximum atomic E-state index is 12.1. The predicted molar refractivity (Wildman–Crippen MR) is 155 cm³/mol. The zero-order chi connectivity index (χ0) is 29.2. The maximum absolute atomic E-state index is 12.1. The summed E-state index contributed by atoms with van der Waals surface area (Å²) in [6.07, 6.45) is 1.04. The van der Waals surface area contributed by atoms with Crippen LogP contribution in [0.2, 0.25) is 0 Å². The van der Waals surface area contributed by atoms with E-state index in [-0.39, 0.29) is 13.1 Å². The molecular weight excluding hydrogens is 548 g/mol. The third kappa shape index (κ3) is 8.40. The summed E-state index contributed by atoms with van der Waals surface area (Å²) in [4.78, 5) is 24.3. The molecule has 0 heterocycles. The fourth-order valence-corrected chi connectivity index (χ4v) is 4.95. The zero-order valence-corrected chi connectivity index (χ0v) is 23.7. The van der Waals surface area contributed by atoms with Crippen LogP contribution in [0.15, 0.2) is 72.8 Å². The number of fused-ring (bicyclic) bond motifs is 2. The van der Waals surface area contributed by atoms with Crippen LogP contribution in [-0.4, -0.2) is 60.8 Å². The van der Waals surface area contributed by atoms with Crippen molar-refractivity contribution in [2.24, 2.45) is 0 Å². The van der Waals surface area contributed by atoms with Crippen molar-refractivity contribution in [2.45, 2.75) is 12.8 Å². The predicted octanol–water partition coefficient (Wildman–Crippen LogP) is 3.31. The smallest absolute Gasteiger partial charge is 0.400 e. The number of amides is 2. The van der Waals surface area contributed by atoms with E-state index in [0.717, 1.165) is 44.2 Å². The summed E-state index contributed by atoms with van der Waals surface area (Å²) >= 11 is 0. The van der Waals surface area contributed by atoms with Gasteiger partial charge in [-0.3, -0.25) is 9.59 Å². The molecule has 0 unspecified atom stereocenters. The number of carbonyl (C=O) groups is 2. The molecule has 0 aliphatic heterocycles. The molecule has 0 fully saturated rings. The Morgan fingerprint density at radius 3 is 1.51 bits per heavy atom. The summed E-state index contributed by atoms with van der Waals surface area (Å²) in [7, 11) is -1.35. The van der Waals surface area contributed by atoms with Gasteiger partial charge in [-0.05, 0) is 69.8 Å². The number of ether oxygens (including phenoxy) is 2. The van der Waals surface area contributed by atoms with E-state index in [0.29, 0.717) is 12.8 Å². The Morgan fingerprint density at radius 2 is 1.10 bits per heavy atom. The molecule has 0 aliphatic rings. The molecule has 0 radical (unpaired) electrons. The third-order valence-corrected chi connectivity index (χ3v) is 7.27. The van der Waals surface area contributed by atoms with E-state index in [4.69, 9.17) is 9.47 Å². The summed E-state index contributed by atoms with van der Waals surface area (Å²) in [6, 6.07) is 23.2. The van der Waals surface area contributed by atoms with Gasteiger partial charge in [0.2, 0.25) is 11.8 Å². The lowest BCUT2D eigenvalue weighted by atomic mass is 10.0. The van der Waals surface area contributed by atoms with E-state index >= 15 is 0 Å².